The summed E-state index contributed by atoms with van der Waals surface area (Å²) in [5, 5.41) is 12.2. The molecule has 2 aliphatic heterocycles. The highest BCUT2D eigenvalue weighted by molar-refractivity contribution is 5.93. The Morgan fingerprint density at radius 1 is 0.883 bits per heavy atom. The summed E-state index contributed by atoms with van der Waals surface area (Å²) in [7, 11) is 3.32. The SMILES string of the molecule is CC.CCC(NC(=O)C(C)NC)C(=O)N1CCCC1Cn1c(-c2[nH]c3cc(F)ccc3c2CC2CC(F)CN2C(=O)C(NC(=O)C(C)NC)C(C)C)nc2cc(F)ccc21. The lowest BCUT2D eigenvalue weighted by Gasteiger charge is -2.31. The van der Waals surface area contributed by atoms with Crippen LogP contribution in [-0.4, -0.2) is 118 Å². The number of likely N-dealkylation sites (N-methyl/N-ethyl adjacent to an activating group) is 2. The summed E-state index contributed by atoms with van der Waals surface area (Å²) in [4.78, 5) is 65.5. The van der Waals surface area contributed by atoms with Crippen LogP contribution in [-0.2, 0) is 32.1 Å². The zero-order chi connectivity index (χ0) is 44.0. The second-order valence-corrected chi connectivity index (χ2v) is 16.1. The first-order valence-electron chi connectivity index (χ1n) is 21.3. The molecule has 2 saturated heterocycles. The van der Waals surface area contributed by atoms with E-state index in [-0.39, 0.29) is 61.5 Å². The van der Waals surface area contributed by atoms with Crippen molar-refractivity contribution in [3.8, 4) is 11.5 Å². The van der Waals surface area contributed by atoms with Gasteiger partial charge in [-0.3, -0.25) is 19.2 Å². The summed E-state index contributed by atoms with van der Waals surface area (Å²) in [5.41, 5.74) is 2.62. The molecule has 4 aromatic rings. The number of carbonyl (C=O) groups is 4. The van der Waals surface area contributed by atoms with Crippen molar-refractivity contribution in [2.24, 2.45) is 5.92 Å². The van der Waals surface area contributed by atoms with Crippen LogP contribution in [0, 0.1) is 17.6 Å². The van der Waals surface area contributed by atoms with Crippen LogP contribution >= 0.6 is 0 Å². The number of amides is 4. The third-order valence-electron chi connectivity index (χ3n) is 11.8. The van der Waals surface area contributed by atoms with Crippen molar-refractivity contribution >= 4 is 45.6 Å². The molecule has 0 saturated carbocycles. The average Bonchev–Trinajstić information content (AvgIpc) is 4.02. The predicted molar refractivity (Wildman–Crippen MR) is 228 cm³/mol. The highest BCUT2D eigenvalue weighted by Crippen LogP contribution is 2.37. The van der Waals surface area contributed by atoms with E-state index >= 15 is 4.39 Å². The van der Waals surface area contributed by atoms with Gasteiger partial charge in [0.1, 0.15) is 29.9 Å². The second kappa shape index (κ2) is 20.1. The Balaban J connectivity index is 0.00000336. The zero-order valence-electron chi connectivity index (χ0n) is 36.3. The molecule has 7 atom stereocenters. The summed E-state index contributed by atoms with van der Waals surface area (Å²) in [6.45, 7) is 13.5. The van der Waals surface area contributed by atoms with Gasteiger partial charge in [0.2, 0.25) is 23.6 Å². The summed E-state index contributed by atoms with van der Waals surface area (Å²) >= 11 is 0. The maximum atomic E-state index is 15.4. The largest absolute Gasteiger partial charge is 0.352 e. The van der Waals surface area contributed by atoms with Crippen LogP contribution in [0.4, 0.5) is 13.2 Å². The van der Waals surface area contributed by atoms with Gasteiger partial charge in [0.15, 0.2) is 5.82 Å². The van der Waals surface area contributed by atoms with Gasteiger partial charge in [-0.2, -0.15) is 0 Å². The normalized spacial score (nSPS) is 19.9. The third kappa shape index (κ3) is 9.80. The first-order chi connectivity index (χ1) is 28.6. The minimum atomic E-state index is -1.31. The number of imidazole rings is 1. The third-order valence-corrected chi connectivity index (χ3v) is 11.8. The van der Waals surface area contributed by atoms with E-state index in [4.69, 9.17) is 4.98 Å². The van der Waals surface area contributed by atoms with E-state index in [1.807, 2.05) is 39.2 Å². The van der Waals surface area contributed by atoms with Gasteiger partial charge >= 0.3 is 0 Å². The van der Waals surface area contributed by atoms with E-state index in [0.717, 1.165) is 6.42 Å². The highest BCUT2D eigenvalue weighted by Gasteiger charge is 2.41. The average molecular weight is 838 g/mol. The van der Waals surface area contributed by atoms with E-state index in [1.54, 1.807) is 45.0 Å². The van der Waals surface area contributed by atoms with Gasteiger partial charge in [0.05, 0.1) is 35.4 Å². The molecule has 16 heteroatoms. The summed E-state index contributed by atoms with van der Waals surface area (Å²) in [6, 6.07) is 5.11. The number of rotatable bonds is 15. The van der Waals surface area contributed by atoms with Gasteiger partial charge in [-0.05, 0) is 95.4 Å². The summed E-state index contributed by atoms with van der Waals surface area (Å²) < 4.78 is 46.9. The Labute approximate surface area is 350 Å². The molecule has 0 bridgehead atoms. The van der Waals surface area contributed by atoms with Crippen LogP contribution in [0.15, 0.2) is 36.4 Å². The van der Waals surface area contributed by atoms with Crippen molar-refractivity contribution in [1.29, 1.82) is 0 Å². The number of hydrogen-bond acceptors (Lipinski definition) is 7. The molecule has 0 radical (unpaired) electrons. The van der Waals surface area contributed by atoms with E-state index < -0.39 is 48.0 Å². The van der Waals surface area contributed by atoms with Crippen LogP contribution in [0.2, 0.25) is 0 Å². The number of halogens is 3. The predicted octanol–water partition coefficient (Wildman–Crippen LogP) is 5.21. The number of H-pyrrole nitrogens is 1. The van der Waals surface area contributed by atoms with Crippen molar-refractivity contribution in [2.75, 3.05) is 27.2 Å². The number of fused-ring (bicyclic) bond motifs is 2. The number of aromatic amines is 1. The van der Waals surface area contributed by atoms with Gasteiger partial charge in [0, 0.05) is 48.6 Å². The Hall–Kier alpha value is -4.96. The molecule has 2 aromatic carbocycles. The van der Waals surface area contributed by atoms with E-state index in [0.29, 0.717) is 58.4 Å². The molecule has 6 rings (SSSR count). The lowest BCUT2D eigenvalue weighted by molar-refractivity contribution is -0.138. The fourth-order valence-corrected chi connectivity index (χ4v) is 8.26. The van der Waals surface area contributed by atoms with Gasteiger partial charge in [0.25, 0.3) is 0 Å². The van der Waals surface area contributed by atoms with E-state index in [2.05, 4.69) is 26.3 Å². The standard InChI is InChI=1S/C42H56F3N9O4.C2H6/c1-8-32(50-39(55)23(4)46-6)41(57)52-15-9-10-28(52)21-54-35-14-12-26(44)18-34(35)49-38(54)37-31(30-13-11-25(43)17-33(30)48-37)19-29-16-27(45)20-53(29)42(58)36(22(2)3)51-40(56)24(5)47-7;1-2/h11-14,17-18,22-24,27-29,32,36,46-48H,8-10,15-16,19-21H2,1-7H3,(H,50,55)(H,51,56);1-2H3. The molecule has 5 N–H and O–H groups in total. The van der Waals surface area contributed by atoms with Crippen molar-refractivity contribution < 1.29 is 32.3 Å². The van der Waals surface area contributed by atoms with E-state index in [1.165, 1.54) is 29.2 Å². The fraction of sp³-hybridized carbons (Fsp3) is 0.568. The van der Waals surface area contributed by atoms with Gasteiger partial charge in [-0.1, -0.05) is 34.6 Å². The number of aromatic nitrogens is 3. The Morgan fingerprint density at radius 3 is 2.18 bits per heavy atom. The van der Waals surface area contributed by atoms with Crippen LogP contribution in [0.1, 0.15) is 79.7 Å². The molecular weight excluding hydrogens is 776 g/mol. The maximum absolute atomic E-state index is 15.4. The molecule has 0 spiro atoms. The van der Waals surface area contributed by atoms with Crippen LogP contribution in [0.25, 0.3) is 33.5 Å². The van der Waals surface area contributed by atoms with Crippen molar-refractivity contribution in [2.45, 2.75) is 130 Å². The quantitative estimate of drug-likeness (QED) is 0.110. The number of carbonyl (C=O) groups excluding carboxylic acids is 4. The molecule has 4 heterocycles. The monoisotopic (exact) mass is 837 g/mol. The maximum Gasteiger partial charge on any atom is 0.245 e. The number of nitrogens with zero attached hydrogens (tertiary/aromatic N) is 4. The summed E-state index contributed by atoms with van der Waals surface area (Å²) in [6.07, 6.45) is 0.726. The Bertz CT molecular complexity index is 2160. The molecule has 7 unspecified atom stereocenters. The fourth-order valence-electron chi connectivity index (χ4n) is 8.26. The van der Waals surface area contributed by atoms with Gasteiger partial charge in [-0.25, -0.2) is 18.2 Å². The van der Waals surface area contributed by atoms with Crippen LogP contribution in [0.3, 0.4) is 0 Å². The Kier molecular flexibility index (Phi) is 15.4. The molecule has 4 amide bonds. The number of hydrogen-bond donors (Lipinski definition) is 5. The zero-order valence-corrected chi connectivity index (χ0v) is 36.3. The number of likely N-dealkylation sites (tertiary alicyclic amines) is 2. The highest BCUT2D eigenvalue weighted by atomic mass is 19.1. The van der Waals surface area contributed by atoms with Gasteiger partial charge in [-0.15, -0.1) is 0 Å². The lowest BCUT2D eigenvalue weighted by atomic mass is 9.98. The minimum absolute atomic E-state index is 0.0493. The van der Waals surface area contributed by atoms with Crippen molar-refractivity contribution in [3.63, 3.8) is 0 Å². The lowest BCUT2D eigenvalue weighted by Crippen LogP contribution is -2.55. The molecule has 60 heavy (non-hydrogen) atoms. The van der Waals surface area contributed by atoms with Gasteiger partial charge < -0.3 is 40.6 Å². The molecular formula is C44H62F3N9O4. The molecule has 328 valence electrons. The van der Waals surface area contributed by atoms with E-state index in [9.17, 15) is 28.0 Å². The van der Waals surface area contributed by atoms with Crippen LogP contribution in [0.5, 0.6) is 0 Å². The number of benzene rings is 2. The first-order valence-corrected chi connectivity index (χ1v) is 21.3. The molecule has 0 aliphatic carbocycles. The number of alkyl halides is 1. The topological polar surface area (TPSA) is 156 Å². The van der Waals surface area contributed by atoms with Crippen LogP contribution < -0.4 is 21.3 Å². The molecule has 2 aliphatic rings. The molecule has 2 fully saturated rings. The minimum Gasteiger partial charge on any atom is -0.352 e. The summed E-state index contributed by atoms with van der Waals surface area (Å²) in [5.74, 6) is -2.03. The second-order valence-electron chi connectivity index (χ2n) is 16.1. The van der Waals surface area contributed by atoms with Crippen molar-refractivity contribution in [3.05, 3.63) is 53.6 Å². The molecule has 13 nitrogen and oxygen atoms in total. The van der Waals surface area contributed by atoms with Crippen molar-refractivity contribution in [1.82, 2.24) is 45.6 Å². The first kappa shape index (κ1) is 46.1. The Morgan fingerprint density at radius 2 is 1.53 bits per heavy atom. The smallest absolute Gasteiger partial charge is 0.245 e. The molecule has 2 aromatic heterocycles. The number of nitrogens with one attached hydrogen (secondary N) is 5.